The van der Waals surface area contributed by atoms with Crippen LogP contribution in [-0.2, 0) is 14.8 Å². The Morgan fingerprint density at radius 2 is 1.85 bits per heavy atom. The second-order valence-electron chi connectivity index (χ2n) is 8.02. The third-order valence-electron chi connectivity index (χ3n) is 6.02. The molecule has 27 heavy (non-hydrogen) atoms. The summed E-state index contributed by atoms with van der Waals surface area (Å²) in [6.07, 6.45) is 8.37. The number of sulfonamides is 1. The highest BCUT2D eigenvalue weighted by Gasteiger charge is 2.33. The van der Waals surface area contributed by atoms with E-state index in [9.17, 15) is 13.2 Å². The number of carbonyl (C=O) groups is 1. The van der Waals surface area contributed by atoms with E-state index in [-0.39, 0.29) is 18.0 Å². The van der Waals surface area contributed by atoms with E-state index in [1.807, 2.05) is 4.90 Å². The molecule has 154 valence electrons. The molecule has 1 unspecified atom stereocenters. The molecule has 1 saturated carbocycles. The predicted octanol–water partition coefficient (Wildman–Crippen LogP) is 0.367. The van der Waals surface area contributed by atoms with Crippen LogP contribution in [0.25, 0.3) is 0 Å². The van der Waals surface area contributed by atoms with Crippen LogP contribution in [0.3, 0.4) is 0 Å². The van der Waals surface area contributed by atoms with Gasteiger partial charge in [0.15, 0.2) is 5.96 Å². The van der Waals surface area contributed by atoms with Crippen LogP contribution in [0.1, 0.15) is 44.9 Å². The van der Waals surface area contributed by atoms with Gasteiger partial charge in [0.25, 0.3) is 0 Å². The van der Waals surface area contributed by atoms with Crippen LogP contribution in [-0.4, -0.2) is 81.1 Å². The van der Waals surface area contributed by atoms with Crippen molar-refractivity contribution in [1.29, 1.82) is 0 Å². The lowest BCUT2D eigenvalue weighted by Gasteiger charge is -2.24. The molecule has 3 fully saturated rings. The Labute approximate surface area is 162 Å². The number of amides is 1. The second kappa shape index (κ2) is 8.77. The molecule has 0 radical (unpaired) electrons. The Bertz CT molecular complexity index is 660. The van der Waals surface area contributed by atoms with E-state index in [2.05, 4.69) is 15.6 Å². The van der Waals surface area contributed by atoms with E-state index in [0.717, 1.165) is 45.2 Å². The molecule has 2 saturated heterocycles. The number of rotatable bonds is 5. The van der Waals surface area contributed by atoms with Crippen molar-refractivity contribution in [3.05, 3.63) is 0 Å². The van der Waals surface area contributed by atoms with E-state index in [1.54, 1.807) is 11.4 Å². The summed E-state index contributed by atoms with van der Waals surface area (Å²) in [5.74, 6) is 1.22. The number of nitrogens with zero attached hydrogens (tertiary/aromatic N) is 3. The van der Waals surface area contributed by atoms with Crippen molar-refractivity contribution in [2.24, 2.45) is 10.9 Å². The molecule has 0 bridgehead atoms. The third-order valence-corrected chi connectivity index (χ3v) is 7.36. The number of hydrogen-bond acceptors (Lipinski definition) is 4. The van der Waals surface area contributed by atoms with E-state index in [4.69, 9.17) is 0 Å². The Hall–Kier alpha value is -1.35. The molecular formula is C18H33N5O3S. The Balaban J connectivity index is 1.46. The van der Waals surface area contributed by atoms with Gasteiger partial charge in [-0.15, -0.1) is 0 Å². The number of hydrogen-bond donors (Lipinski definition) is 2. The summed E-state index contributed by atoms with van der Waals surface area (Å²) in [5, 5.41) is 6.66. The zero-order chi connectivity index (χ0) is 19.4. The Kier molecular flexibility index (Phi) is 6.62. The highest BCUT2D eigenvalue weighted by Crippen LogP contribution is 2.27. The van der Waals surface area contributed by atoms with Gasteiger partial charge in [-0.25, -0.2) is 8.42 Å². The fourth-order valence-electron chi connectivity index (χ4n) is 4.56. The molecular weight excluding hydrogens is 366 g/mol. The van der Waals surface area contributed by atoms with Crippen molar-refractivity contribution >= 4 is 21.9 Å². The van der Waals surface area contributed by atoms with Crippen LogP contribution in [0.4, 0.5) is 0 Å². The summed E-state index contributed by atoms with van der Waals surface area (Å²) in [6.45, 7) is 2.66. The molecule has 2 heterocycles. The summed E-state index contributed by atoms with van der Waals surface area (Å²) < 4.78 is 25.3. The maximum absolute atomic E-state index is 12.6. The summed E-state index contributed by atoms with van der Waals surface area (Å²) in [5.41, 5.74) is 0. The van der Waals surface area contributed by atoms with Gasteiger partial charge < -0.3 is 15.5 Å². The maximum atomic E-state index is 12.6. The average Bonchev–Trinajstić information content (AvgIpc) is 3.38. The molecule has 0 spiro atoms. The second-order valence-corrected chi connectivity index (χ2v) is 9.95. The first-order chi connectivity index (χ1) is 12.9. The molecule has 0 aromatic carbocycles. The zero-order valence-electron chi connectivity index (χ0n) is 16.5. The van der Waals surface area contributed by atoms with E-state index < -0.39 is 10.0 Å². The summed E-state index contributed by atoms with van der Waals surface area (Å²) in [7, 11) is -1.45. The van der Waals surface area contributed by atoms with Crippen LogP contribution in [0, 0.1) is 5.92 Å². The van der Waals surface area contributed by atoms with Crippen LogP contribution in [0.2, 0.25) is 0 Å². The number of carbonyl (C=O) groups excluding carboxylic acids is 1. The molecule has 3 rings (SSSR count). The van der Waals surface area contributed by atoms with Gasteiger partial charge in [0.05, 0.1) is 6.26 Å². The van der Waals surface area contributed by atoms with Gasteiger partial charge in [-0.3, -0.25) is 9.79 Å². The monoisotopic (exact) mass is 399 g/mol. The van der Waals surface area contributed by atoms with Gasteiger partial charge in [-0.2, -0.15) is 4.31 Å². The number of aliphatic imine (C=N–C) groups is 1. The van der Waals surface area contributed by atoms with E-state index in [1.165, 1.54) is 19.1 Å². The van der Waals surface area contributed by atoms with Crippen LogP contribution >= 0.6 is 0 Å². The molecule has 0 aromatic heterocycles. The van der Waals surface area contributed by atoms with Gasteiger partial charge >= 0.3 is 0 Å². The molecule has 0 aromatic rings. The zero-order valence-corrected chi connectivity index (χ0v) is 17.3. The summed E-state index contributed by atoms with van der Waals surface area (Å²) in [6, 6.07) is 0.165. The first-order valence-corrected chi connectivity index (χ1v) is 12.0. The predicted molar refractivity (Wildman–Crippen MR) is 106 cm³/mol. The first-order valence-electron chi connectivity index (χ1n) is 10.1. The molecule has 3 aliphatic rings. The van der Waals surface area contributed by atoms with Gasteiger partial charge in [0.2, 0.25) is 15.9 Å². The van der Waals surface area contributed by atoms with Crippen molar-refractivity contribution in [1.82, 2.24) is 19.8 Å². The Morgan fingerprint density at radius 3 is 2.52 bits per heavy atom. The van der Waals surface area contributed by atoms with Gasteiger partial charge in [0.1, 0.15) is 0 Å². The largest absolute Gasteiger partial charge is 0.355 e. The quantitative estimate of drug-likeness (QED) is 0.514. The summed E-state index contributed by atoms with van der Waals surface area (Å²) in [4.78, 5) is 18.8. The van der Waals surface area contributed by atoms with Gasteiger partial charge in [-0.1, -0.05) is 12.8 Å². The highest BCUT2D eigenvalue weighted by molar-refractivity contribution is 7.88. The number of likely N-dealkylation sites (tertiary alicyclic amines) is 1. The van der Waals surface area contributed by atoms with Crippen LogP contribution < -0.4 is 10.6 Å². The van der Waals surface area contributed by atoms with Crippen LogP contribution in [0.15, 0.2) is 4.99 Å². The van der Waals surface area contributed by atoms with Crippen molar-refractivity contribution in [3.8, 4) is 0 Å². The first kappa shape index (κ1) is 20.4. The fraction of sp³-hybridized carbons (Fsp3) is 0.889. The fourth-order valence-corrected chi connectivity index (χ4v) is 5.74. The average molecular weight is 400 g/mol. The number of nitrogens with one attached hydrogen (secondary N) is 2. The SMILES string of the molecule is CN=C(NC[C@H]1CCCN1S(C)(=O)=O)NC1CCN(C(=O)C2CCCC2)C1. The lowest BCUT2D eigenvalue weighted by Crippen LogP contribution is -2.49. The van der Waals surface area contributed by atoms with E-state index >= 15 is 0 Å². The highest BCUT2D eigenvalue weighted by atomic mass is 32.2. The lowest BCUT2D eigenvalue weighted by atomic mass is 10.1. The molecule has 2 N–H and O–H groups in total. The maximum Gasteiger partial charge on any atom is 0.225 e. The van der Waals surface area contributed by atoms with Crippen molar-refractivity contribution in [3.63, 3.8) is 0 Å². The minimum absolute atomic E-state index is 0.0254. The summed E-state index contributed by atoms with van der Waals surface area (Å²) >= 11 is 0. The molecule has 2 aliphatic heterocycles. The van der Waals surface area contributed by atoms with Crippen molar-refractivity contribution in [2.75, 3.05) is 39.5 Å². The molecule has 2 atom stereocenters. The van der Waals surface area contributed by atoms with Crippen molar-refractivity contribution in [2.45, 2.75) is 57.0 Å². The van der Waals surface area contributed by atoms with Crippen molar-refractivity contribution < 1.29 is 13.2 Å². The lowest BCUT2D eigenvalue weighted by molar-refractivity contribution is -0.134. The smallest absolute Gasteiger partial charge is 0.225 e. The molecule has 8 nitrogen and oxygen atoms in total. The van der Waals surface area contributed by atoms with E-state index in [0.29, 0.717) is 25.0 Å². The third kappa shape index (κ3) is 5.13. The molecule has 9 heteroatoms. The van der Waals surface area contributed by atoms with Gasteiger partial charge in [0, 0.05) is 51.2 Å². The minimum atomic E-state index is -3.16. The topological polar surface area (TPSA) is 94.1 Å². The number of guanidine groups is 1. The normalized spacial score (nSPS) is 28.1. The van der Waals surface area contributed by atoms with Crippen LogP contribution in [0.5, 0.6) is 0 Å². The molecule has 1 aliphatic carbocycles. The van der Waals surface area contributed by atoms with Gasteiger partial charge in [-0.05, 0) is 32.1 Å². The standard InChI is InChI=1S/C18H33N5O3S/c1-19-18(20-12-16-8-5-10-23(16)27(2,25)26)21-15-9-11-22(13-15)17(24)14-6-3-4-7-14/h14-16H,3-13H2,1-2H3,(H2,19,20,21)/t15?,16-/m1/s1. The Morgan fingerprint density at radius 1 is 1.11 bits per heavy atom. The molecule has 1 amide bonds. The minimum Gasteiger partial charge on any atom is -0.355 e.